The Morgan fingerprint density at radius 3 is 2.08 bits per heavy atom. The van der Waals surface area contributed by atoms with E-state index in [4.69, 9.17) is 21.1 Å². The van der Waals surface area contributed by atoms with E-state index in [1.165, 1.54) is 18.2 Å². The Hall–Kier alpha value is -3.89. The molecule has 0 aromatic heterocycles. The fourth-order valence-corrected chi connectivity index (χ4v) is 4.33. The molecule has 0 fully saturated rings. The Morgan fingerprint density at radius 2 is 1.51 bits per heavy atom. The zero-order chi connectivity index (χ0) is 26.5. The summed E-state index contributed by atoms with van der Waals surface area (Å²) in [7, 11) is 0. The van der Waals surface area contributed by atoms with Crippen LogP contribution in [0, 0.1) is 17.1 Å². The number of fused-ring (bicyclic) bond motifs is 2. The van der Waals surface area contributed by atoms with Gasteiger partial charge in [-0.15, -0.1) is 0 Å². The second-order valence-corrected chi connectivity index (χ2v) is 9.04. The molecule has 8 heteroatoms. The smallest absolute Gasteiger partial charge is 0.198 e. The van der Waals surface area contributed by atoms with Gasteiger partial charge >= 0.3 is 0 Å². The fraction of sp³-hybridized carbons (Fsp3) is 0.276. The number of hydrogen-bond donors (Lipinski definition) is 1. The van der Waals surface area contributed by atoms with Crippen molar-refractivity contribution in [3.63, 3.8) is 0 Å². The zero-order valence-corrected chi connectivity index (χ0v) is 21.4. The summed E-state index contributed by atoms with van der Waals surface area (Å²) >= 11 is 6.20. The van der Waals surface area contributed by atoms with Gasteiger partial charge < -0.3 is 14.8 Å². The third-order valence-corrected chi connectivity index (χ3v) is 6.38. The van der Waals surface area contributed by atoms with E-state index < -0.39 is 17.4 Å². The van der Waals surface area contributed by atoms with Gasteiger partial charge in [-0.3, -0.25) is 9.59 Å². The molecule has 3 aromatic carbocycles. The molecule has 0 bridgehead atoms. The number of ketones is 2. The van der Waals surface area contributed by atoms with Crippen LogP contribution in [0.3, 0.4) is 0 Å². The van der Waals surface area contributed by atoms with E-state index in [0.717, 1.165) is 12.8 Å². The SMILES string of the molecule is CCCCOc1c(Nc2ccc(C#N)c(Cl)c2)c(F)c2c(c1OCCCC)C(=O)c1ccccc1C2=O. The second kappa shape index (κ2) is 11.4. The minimum atomic E-state index is -0.919. The predicted molar refractivity (Wildman–Crippen MR) is 140 cm³/mol. The number of benzene rings is 3. The van der Waals surface area contributed by atoms with Crippen molar-refractivity contribution in [3.05, 3.63) is 81.1 Å². The monoisotopic (exact) mass is 520 g/mol. The van der Waals surface area contributed by atoms with E-state index in [9.17, 15) is 14.9 Å². The molecular weight excluding hydrogens is 495 g/mol. The maximum Gasteiger partial charge on any atom is 0.198 e. The van der Waals surface area contributed by atoms with Crippen molar-refractivity contribution in [3.8, 4) is 17.6 Å². The number of unbranched alkanes of at least 4 members (excludes halogenated alkanes) is 2. The molecule has 0 heterocycles. The van der Waals surface area contributed by atoms with Crippen LogP contribution in [0.4, 0.5) is 15.8 Å². The average Bonchev–Trinajstić information content (AvgIpc) is 2.90. The first-order valence-electron chi connectivity index (χ1n) is 12.2. The number of carbonyl (C=O) groups excluding carboxylic acids is 2. The summed E-state index contributed by atoms with van der Waals surface area (Å²) < 4.78 is 28.4. The lowest BCUT2D eigenvalue weighted by Gasteiger charge is -2.26. The van der Waals surface area contributed by atoms with Crippen LogP contribution in [-0.2, 0) is 0 Å². The third-order valence-electron chi connectivity index (χ3n) is 6.07. The first-order valence-corrected chi connectivity index (χ1v) is 12.6. The minimum absolute atomic E-state index is 0.0156. The van der Waals surface area contributed by atoms with Gasteiger partial charge in [0.15, 0.2) is 28.9 Å². The zero-order valence-electron chi connectivity index (χ0n) is 20.6. The maximum atomic E-state index is 16.3. The van der Waals surface area contributed by atoms with Crippen LogP contribution in [0.1, 0.15) is 76.9 Å². The topological polar surface area (TPSA) is 88.4 Å². The molecule has 1 aliphatic rings. The van der Waals surface area contributed by atoms with E-state index in [1.54, 1.807) is 24.3 Å². The molecule has 0 aliphatic heterocycles. The van der Waals surface area contributed by atoms with Crippen molar-refractivity contribution in [2.24, 2.45) is 0 Å². The molecular formula is C29H26ClFN2O4. The normalized spacial score (nSPS) is 12.0. The molecule has 0 unspecified atom stereocenters. The number of nitriles is 1. The number of hydrogen-bond acceptors (Lipinski definition) is 6. The van der Waals surface area contributed by atoms with Crippen molar-refractivity contribution in [2.75, 3.05) is 18.5 Å². The maximum absolute atomic E-state index is 16.3. The van der Waals surface area contributed by atoms with Crippen LogP contribution >= 0.6 is 11.6 Å². The lowest BCUT2D eigenvalue weighted by molar-refractivity contribution is 0.0971. The van der Waals surface area contributed by atoms with Gasteiger partial charge in [0.2, 0.25) is 0 Å². The highest BCUT2D eigenvalue weighted by Gasteiger charge is 2.39. The van der Waals surface area contributed by atoms with Crippen LogP contribution in [0.25, 0.3) is 0 Å². The largest absolute Gasteiger partial charge is 0.489 e. The van der Waals surface area contributed by atoms with E-state index in [1.807, 2.05) is 19.9 Å². The molecule has 1 N–H and O–H groups in total. The molecule has 0 spiro atoms. The molecule has 37 heavy (non-hydrogen) atoms. The lowest BCUT2D eigenvalue weighted by Crippen LogP contribution is -2.25. The van der Waals surface area contributed by atoms with Gasteiger partial charge in [0.05, 0.1) is 34.9 Å². The van der Waals surface area contributed by atoms with Gasteiger partial charge in [-0.1, -0.05) is 62.6 Å². The molecule has 0 radical (unpaired) electrons. The highest BCUT2D eigenvalue weighted by Crippen LogP contribution is 2.48. The first kappa shape index (κ1) is 26.2. The number of nitrogens with zero attached hydrogens (tertiary/aromatic N) is 1. The van der Waals surface area contributed by atoms with Crippen LogP contribution in [0.15, 0.2) is 42.5 Å². The number of rotatable bonds is 10. The Labute approximate surface area is 220 Å². The summed E-state index contributed by atoms with van der Waals surface area (Å²) in [4.78, 5) is 27.1. The first-order chi connectivity index (χ1) is 17.9. The Morgan fingerprint density at radius 1 is 0.919 bits per heavy atom. The van der Waals surface area contributed by atoms with Gasteiger partial charge in [0.25, 0.3) is 0 Å². The van der Waals surface area contributed by atoms with Gasteiger partial charge in [0, 0.05) is 16.8 Å². The number of anilines is 2. The average molecular weight is 521 g/mol. The highest BCUT2D eigenvalue weighted by atomic mass is 35.5. The molecule has 0 amide bonds. The number of nitrogens with one attached hydrogen (secondary N) is 1. The Bertz CT molecular complexity index is 1410. The highest BCUT2D eigenvalue weighted by molar-refractivity contribution is 6.32. The summed E-state index contributed by atoms with van der Waals surface area (Å²) in [6.07, 6.45) is 3.04. The Kier molecular flexibility index (Phi) is 8.10. The van der Waals surface area contributed by atoms with E-state index >= 15 is 4.39 Å². The van der Waals surface area contributed by atoms with E-state index in [2.05, 4.69) is 5.32 Å². The second-order valence-electron chi connectivity index (χ2n) is 8.64. The minimum Gasteiger partial charge on any atom is -0.489 e. The molecule has 0 atom stereocenters. The molecule has 1 aliphatic carbocycles. The van der Waals surface area contributed by atoms with E-state index in [-0.39, 0.29) is 63.2 Å². The molecule has 0 saturated heterocycles. The van der Waals surface area contributed by atoms with Crippen LogP contribution in [0.2, 0.25) is 5.02 Å². The van der Waals surface area contributed by atoms with Crippen molar-refractivity contribution < 1.29 is 23.5 Å². The van der Waals surface area contributed by atoms with E-state index in [0.29, 0.717) is 18.5 Å². The van der Waals surface area contributed by atoms with Crippen LogP contribution in [0.5, 0.6) is 11.5 Å². The van der Waals surface area contributed by atoms with Gasteiger partial charge in [-0.25, -0.2) is 4.39 Å². The summed E-state index contributed by atoms with van der Waals surface area (Å²) in [5.74, 6) is -1.97. The lowest BCUT2D eigenvalue weighted by atomic mass is 9.82. The van der Waals surface area contributed by atoms with Crippen molar-refractivity contribution in [1.29, 1.82) is 5.26 Å². The van der Waals surface area contributed by atoms with Crippen LogP contribution < -0.4 is 14.8 Å². The summed E-state index contributed by atoms with van der Waals surface area (Å²) in [5.41, 5.74) is 0.329. The van der Waals surface area contributed by atoms with Crippen molar-refractivity contribution in [1.82, 2.24) is 0 Å². The van der Waals surface area contributed by atoms with Crippen molar-refractivity contribution in [2.45, 2.75) is 39.5 Å². The third kappa shape index (κ3) is 5.03. The molecule has 3 aromatic rings. The number of halogens is 2. The summed E-state index contributed by atoms with van der Waals surface area (Å²) in [6, 6.07) is 12.9. The molecule has 4 rings (SSSR count). The van der Waals surface area contributed by atoms with Crippen LogP contribution in [-0.4, -0.2) is 24.8 Å². The quantitative estimate of drug-likeness (QED) is 0.222. The van der Waals surface area contributed by atoms with Gasteiger partial charge in [-0.05, 0) is 31.0 Å². The molecule has 0 saturated carbocycles. The molecule has 6 nitrogen and oxygen atoms in total. The fourth-order valence-electron chi connectivity index (χ4n) is 4.11. The summed E-state index contributed by atoms with van der Waals surface area (Å²) in [6.45, 7) is 4.49. The van der Waals surface area contributed by atoms with Gasteiger partial charge in [-0.2, -0.15) is 5.26 Å². The standard InChI is InChI=1S/C29H26ClFN2O4/c1-3-5-13-36-28-23-22(26(34)19-9-7-8-10-20(19)27(23)35)24(31)25(29(28)37-14-6-4-2)33-18-12-11-17(16-32)21(30)15-18/h7-12,15,33H,3-6,13-14H2,1-2H3. The predicted octanol–water partition coefficient (Wildman–Crippen LogP) is 7.23. The molecule has 190 valence electrons. The van der Waals surface area contributed by atoms with Crippen molar-refractivity contribution >= 4 is 34.5 Å². The summed E-state index contributed by atoms with van der Waals surface area (Å²) in [5, 5.41) is 12.3. The van der Waals surface area contributed by atoms with Gasteiger partial charge in [0.1, 0.15) is 11.8 Å². The number of carbonyl (C=O) groups is 2. The Balaban J connectivity index is 1.96. The number of ether oxygens (including phenoxy) is 2.